The van der Waals surface area contributed by atoms with E-state index in [4.69, 9.17) is 33.7 Å². The first-order chi connectivity index (χ1) is 7.11. The van der Waals surface area contributed by atoms with E-state index in [0.29, 0.717) is 28.9 Å². The average Bonchev–Trinajstić information content (AvgIpc) is 2.15. The topological polar surface area (TPSA) is 47.3 Å². The maximum Gasteiger partial charge on any atom is 0.163 e. The summed E-state index contributed by atoms with van der Waals surface area (Å²) in [5, 5.41) is 3.96. The molecular weight excluding hydrogens is 255 g/mol. The molecule has 6 heteroatoms. The largest absolute Gasteiger partial charge is 0.489 e. The minimum Gasteiger partial charge on any atom is -0.489 e. The number of halogens is 2. The Labute approximate surface area is 103 Å². The third kappa shape index (κ3) is 4.11. The second-order valence-electron chi connectivity index (χ2n) is 2.69. The van der Waals surface area contributed by atoms with E-state index < -0.39 is 0 Å². The molecule has 1 rings (SSSR count). The van der Waals surface area contributed by atoms with Crippen LogP contribution in [-0.4, -0.2) is 18.3 Å². The molecule has 82 valence electrons. The van der Waals surface area contributed by atoms with Crippen molar-refractivity contribution in [1.82, 2.24) is 5.32 Å². The Morgan fingerprint density at radius 1 is 1.40 bits per heavy atom. The molecule has 0 saturated heterocycles. The minimum atomic E-state index is 0.240. The van der Waals surface area contributed by atoms with Gasteiger partial charge in [-0.2, -0.15) is 0 Å². The number of hydrogen-bond donors (Lipinski definition) is 2. The van der Waals surface area contributed by atoms with Crippen LogP contribution in [0.5, 0.6) is 5.75 Å². The molecule has 0 aromatic heterocycles. The lowest BCUT2D eigenvalue weighted by Crippen LogP contribution is -2.32. The van der Waals surface area contributed by atoms with Crippen LogP contribution in [-0.2, 0) is 0 Å². The zero-order valence-electron chi connectivity index (χ0n) is 7.80. The molecule has 3 nitrogen and oxygen atoms in total. The van der Waals surface area contributed by atoms with Gasteiger partial charge in [-0.3, -0.25) is 0 Å². The molecule has 0 spiro atoms. The summed E-state index contributed by atoms with van der Waals surface area (Å²) in [6, 6.07) is 5.18. The van der Waals surface area contributed by atoms with Crippen LogP contribution in [0.3, 0.4) is 0 Å². The fourth-order valence-corrected chi connectivity index (χ4v) is 1.56. The van der Waals surface area contributed by atoms with Crippen molar-refractivity contribution < 1.29 is 4.74 Å². The molecule has 0 saturated carbocycles. The van der Waals surface area contributed by atoms with Crippen LogP contribution in [0.2, 0.25) is 10.0 Å². The van der Waals surface area contributed by atoms with Crippen LogP contribution < -0.4 is 15.8 Å². The zero-order valence-corrected chi connectivity index (χ0v) is 10.1. The monoisotopic (exact) mass is 264 g/mol. The highest BCUT2D eigenvalue weighted by atomic mass is 35.5. The Bertz CT molecular complexity index is 340. The van der Waals surface area contributed by atoms with Crippen LogP contribution in [0, 0.1) is 0 Å². The van der Waals surface area contributed by atoms with E-state index >= 15 is 0 Å². The average molecular weight is 265 g/mol. The maximum atomic E-state index is 5.89. The van der Waals surface area contributed by atoms with Gasteiger partial charge in [0.05, 0.1) is 16.6 Å². The van der Waals surface area contributed by atoms with Gasteiger partial charge in [0.1, 0.15) is 6.61 Å². The summed E-state index contributed by atoms with van der Waals surface area (Å²) in [6.07, 6.45) is 0. The van der Waals surface area contributed by atoms with Crippen LogP contribution in [0.1, 0.15) is 0 Å². The zero-order chi connectivity index (χ0) is 11.3. The molecule has 0 aliphatic carbocycles. The van der Waals surface area contributed by atoms with Gasteiger partial charge in [0, 0.05) is 0 Å². The van der Waals surface area contributed by atoms with E-state index in [1.807, 2.05) is 0 Å². The van der Waals surface area contributed by atoms with Crippen molar-refractivity contribution in [2.45, 2.75) is 0 Å². The van der Waals surface area contributed by atoms with Crippen molar-refractivity contribution in [3.8, 4) is 5.75 Å². The number of rotatable bonds is 4. The highest BCUT2D eigenvalue weighted by Crippen LogP contribution is 2.31. The highest BCUT2D eigenvalue weighted by molar-refractivity contribution is 7.80. The molecule has 0 fully saturated rings. The van der Waals surface area contributed by atoms with E-state index in [1.165, 1.54) is 0 Å². The Balaban J connectivity index is 2.47. The molecule has 0 unspecified atom stereocenters. The molecule has 0 heterocycles. The van der Waals surface area contributed by atoms with Gasteiger partial charge in [0.25, 0.3) is 0 Å². The van der Waals surface area contributed by atoms with Gasteiger partial charge in [-0.15, -0.1) is 0 Å². The van der Waals surface area contributed by atoms with E-state index in [1.54, 1.807) is 18.2 Å². The van der Waals surface area contributed by atoms with E-state index in [2.05, 4.69) is 17.5 Å². The highest BCUT2D eigenvalue weighted by Gasteiger charge is 2.05. The molecule has 3 N–H and O–H groups in total. The quantitative estimate of drug-likeness (QED) is 0.647. The Kier molecular flexibility index (Phi) is 4.94. The van der Waals surface area contributed by atoms with Gasteiger partial charge in [-0.25, -0.2) is 0 Å². The molecule has 0 atom stereocenters. The number of nitrogens with two attached hydrogens (primary N) is 1. The third-order valence-electron chi connectivity index (χ3n) is 1.57. The van der Waals surface area contributed by atoms with Crippen molar-refractivity contribution in [3.05, 3.63) is 28.2 Å². The van der Waals surface area contributed by atoms with Crippen molar-refractivity contribution in [3.63, 3.8) is 0 Å². The molecule has 0 bridgehead atoms. The van der Waals surface area contributed by atoms with E-state index in [0.717, 1.165) is 0 Å². The lowest BCUT2D eigenvalue weighted by Gasteiger charge is -2.09. The molecule has 0 amide bonds. The summed E-state index contributed by atoms with van der Waals surface area (Å²) in [4.78, 5) is 0. The molecule has 0 radical (unpaired) electrons. The summed E-state index contributed by atoms with van der Waals surface area (Å²) in [5.41, 5.74) is 5.24. The van der Waals surface area contributed by atoms with Crippen LogP contribution >= 0.6 is 35.4 Å². The summed E-state index contributed by atoms with van der Waals surface area (Å²) in [7, 11) is 0. The number of benzene rings is 1. The summed E-state index contributed by atoms with van der Waals surface area (Å²) in [5.74, 6) is 0.477. The second-order valence-corrected chi connectivity index (χ2v) is 3.94. The van der Waals surface area contributed by atoms with Crippen molar-refractivity contribution in [2.24, 2.45) is 5.73 Å². The van der Waals surface area contributed by atoms with Gasteiger partial charge < -0.3 is 15.8 Å². The molecule has 0 aliphatic heterocycles. The predicted molar refractivity (Wildman–Crippen MR) is 66.7 cm³/mol. The van der Waals surface area contributed by atoms with E-state index in [-0.39, 0.29) is 5.11 Å². The van der Waals surface area contributed by atoms with Crippen LogP contribution in [0.25, 0.3) is 0 Å². The first-order valence-corrected chi connectivity index (χ1v) is 5.38. The number of nitrogens with one attached hydrogen (secondary N) is 1. The Morgan fingerprint density at radius 2 is 2.00 bits per heavy atom. The first-order valence-electron chi connectivity index (χ1n) is 4.21. The summed E-state index contributed by atoms with van der Waals surface area (Å²) < 4.78 is 5.38. The fraction of sp³-hybridized carbons (Fsp3) is 0.222. The molecule has 0 aliphatic rings. The first kappa shape index (κ1) is 12.4. The third-order valence-corrected chi connectivity index (χ3v) is 2.31. The van der Waals surface area contributed by atoms with Gasteiger partial charge >= 0.3 is 0 Å². The van der Waals surface area contributed by atoms with Gasteiger partial charge in [0.15, 0.2) is 10.9 Å². The molecule has 1 aromatic carbocycles. The van der Waals surface area contributed by atoms with Crippen LogP contribution in [0.4, 0.5) is 0 Å². The summed E-state index contributed by atoms with van der Waals surface area (Å²) >= 11 is 16.4. The van der Waals surface area contributed by atoms with Gasteiger partial charge in [0.2, 0.25) is 0 Å². The fourth-order valence-electron chi connectivity index (χ4n) is 0.948. The molecule has 15 heavy (non-hydrogen) atoms. The number of para-hydroxylation sites is 1. The maximum absolute atomic E-state index is 5.89. The van der Waals surface area contributed by atoms with Gasteiger partial charge in [-0.05, 0) is 24.4 Å². The Morgan fingerprint density at radius 3 is 2.53 bits per heavy atom. The van der Waals surface area contributed by atoms with Gasteiger partial charge in [-0.1, -0.05) is 29.3 Å². The number of ether oxygens (including phenoxy) is 1. The summed E-state index contributed by atoms with van der Waals surface area (Å²) in [6.45, 7) is 0.900. The standard InChI is InChI=1S/C9H10Cl2N2OS/c10-6-2-1-3-7(11)8(6)14-5-4-13-9(12)15/h1-3H,4-5H2,(H3,12,13,15). The second kappa shape index (κ2) is 6.00. The minimum absolute atomic E-state index is 0.240. The predicted octanol–water partition coefficient (Wildman–Crippen LogP) is 2.21. The SMILES string of the molecule is NC(=S)NCCOc1c(Cl)cccc1Cl. The lowest BCUT2D eigenvalue weighted by atomic mass is 10.3. The van der Waals surface area contributed by atoms with Crippen molar-refractivity contribution in [1.29, 1.82) is 0 Å². The number of hydrogen-bond acceptors (Lipinski definition) is 2. The van der Waals surface area contributed by atoms with E-state index in [9.17, 15) is 0 Å². The smallest absolute Gasteiger partial charge is 0.163 e. The molecular formula is C9H10Cl2N2OS. The molecule has 1 aromatic rings. The lowest BCUT2D eigenvalue weighted by molar-refractivity contribution is 0.323. The van der Waals surface area contributed by atoms with Crippen LogP contribution in [0.15, 0.2) is 18.2 Å². The Hall–Kier alpha value is -0.710. The number of thiocarbonyl (C=S) groups is 1. The van der Waals surface area contributed by atoms with Crippen molar-refractivity contribution in [2.75, 3.05) is 13.2 Å². The normalized spacial score (nSPS) is 9.73. The van der Waals surface area contributed by atoms with Crippen molar-refractivity contribution >= 4 is 40.5 Å².